The van der Waals surface area contributed by atoms with Crippen molar-refractivity contribution >= 4 is 60.8 Å². The minimum atomic E-state index is -0.921. The third kappa shape index (κ3) is 4.61. The fourth-order valence-corrected chi connectivity index (χ4v) is 5.02. The lowest BCUT2D eigenvalue weighted by Gasteiger charge is -2.18. The Balaban J connectivity index is 1.75. The smallest absolute Gasteiger partial charge is 0.307 e. The Kier molecular flexibility index (Phi) is 6.43. The molecule has 0 aliphatic carbocycles. The average molecular weight is 558 g/mol. The summed E-state index contributed by atoms with van der Waals surface area (Å²) in [5.41, 5.74) is 3.85. The van der Waals surface area contributed by atoms with E-state index in [0.717, 1.165) is 25.9 Å². The van der Waals surface area contributed by atoms with Gasteiger partial charge in [-0.3, -0.25) is 9.59 Å². The molecule has 1 aliphatic rings. The number of carbonyl (C=O) groups excluding carboxylic acids is 1. The highest BCUT2D eigenvalue weighted by molar-refractivity contribution is 9.11. The quantitative estimate of drug-likeness (QED) is 0.433. The Morgan fingerprint density at radius 1 is 1.06 bits per heavy atom. The van der Waals surface area contributed by atoms with Crippen molar-refractivity contribution in [1.29, 1.82) is 0 Å². The number of nitrogens with zero attached hydrogens (tertiary/aromatic N) is 2. The standard InChI is InChI=1S/C24H18Br2N2O4/c1-32-18-7-5-14(6-8-18)13-28-23-19(11-16(25)12-20(23)26)22(24(28)31)27-17-4-2-3-15(9-17)10-21(29)30/h2-9,11-12H,10,13H2,1H3,(H,29,30). The maximum Gasteiger partial charge on any atom is 0.307 e. The molecule has 0 atom stereocenters. The number of benzene rings is 3. The second-order valence-corrected chi connectivity index (χ2v) is 8.99. The van der Waals surface area contributed by atoms with Gasteiger partial charge in [0.05, 0.1) is 31.5 Å². The summed E-state index contributed by atoms with van der Waals surface area (Å²) in [5, 5.41) is 9.07. The van der Waals surface area contributed by atoms with Gasteiger partial charge in [0.2, 0.25) is 0 Å². The summed E-state index contributed by atoms with van der Waals surface area (Å²) in [6.07, 6.45) is -0.107. The highest BCUT2D eigenvalue weighted by Crippen LogP contribution is 2.40. The van der Waals surface area contributed by atoms with Crippen molar-refractivity contribution in [3.05, 3.63) is 86.3 Å². The van der Waals surface area contributed by atoms with E-state index < -0.39 is 5.97 Å². The Hall–Kier alpha value is -2.97. The second kappa shape index (κ2) is 9.26. The van der Waals surface area contributed by atoms with E-state index in [4.69, 9.17) is 9.84 Å². The number of amides is 1. The molecule has 0 fully saturated rings. The number of carboxylic acids is 1. The molecular formula is C24H18Br2N2O4. The van der Waals surface area contributed by atoms with Crippen LogP contribution in [0.15, 0.2) is 74.6 Å². The molecule has 1 heterocycles. The number of methoxy groups -OCH3 is 1. The van der Waals surface area contributed by atoms with Crippen molar-refractivity contribution in [2.45, 2.75) is 13.0 Å². The second-order valence-electron chi connectivity index (χ2n) is 7.22. The van der Waals surface area contributed by atoms with Crippen LogP contribution in [0.3, 0.4) is 0 Å². The molecule has 0 aromatic heterocycles. The molecule has 1 N–H and O–H groups in total. The number of fused-ring (bicyclic) bond motifs is 1. The number of anilines is 1. The molecule has 6 nitrogen and oxygen atoms in total. The molecule has 0 spiro atoms. The van der Waals surface area contributed by atoms with E-state index in [1.807, 2.05) is 36.4 Å². The first-order valence-electron chi connectivity index (χ1n) is 9.69. The molecular weight excluding hydrogens is 540 g/mol. The summed E-state index contributed by atoms with van der Waals surface area (Å²) in [7, 11) is 1.61. The molecule has 4 rings (SSSR count). The van der Waals surface area contributed by atoms with Gasteiger partial charge in [-0.05, 0) is 63.5 Å². The van der Waals surface area contributed by atoms with Crippen molar-refractivity contribution < 1.29 is 19.4 Å². The Morgan fingerprint density at radius 2 is 1.81 bits per heavy atom. The van der Waals surface area contributed by atoms with Gasteiger partial charge in [0.15, 0.2) is 0 Å². The van der Waals surface area contributed by atoms with E-state index >= 15 is 0 Å². The predicted molar refractivity (Wildman–Crippen MR) is 130 cm³/mol. The van der Waals surface area contributed by atoms with Gasteiger partial charge in [-0.2, -0.15) is 0 Å². The van der Waals surface area contributed by atoms with Crippen LogP contribution < -0.4 is 9.64 Å². The van der Waals surface area contributed by atoms with E-state index in [9.17, 15) is 9.59 Å². The molecule has 8 heteroatoms. The van der Waals surface area contributed by atoms with E-state index in [-0.39, 0.29) is 12.3 Å². The lowest BCUT2D eigenvalue weighted by Crippen LogP contribution is -2.29. The zero-order valence-corrected chi connectivity index (χ0v) is 20.2. The lowest BCUT2D eigenvalue weighted by molar-refractivity contribution is -0.136. The number of halogens is 2. The Labute approximate surface area is 201 Å². The van der Waals surface area contributed by atoms with Crippen LogP contribution >= 0.6 is 31.9 Å². The first-order valence-corrected chi connectivity index (χ1v) is 11.3. The first-order chi connectivity index (χ1) is 15.4. The van der Waals surface area contributed by atoms with Gasteiger partial charge in [0, 0.05) is 14.5 Å². The fraction of sp³-hybridized carbons (Fsp3) is 0.125. The largest absolute Gasteiger partial charge is 0.497 e. The molecule has 1 aliphatic heterocycles. The molecule has 1 amide bonds. The van der Waals surface area contributed by atoms with Crippen molar-refractivity contribution in [3.63, 3.8) is 0 Å². The number of hydrogen-bond acceptors (Lipinski definition) is 4. The van der Waals surface area contributed by atoms with Gasteiger partial charge in [0.25, 0.3) is 5.91 Å². The first kappa shape index (κ1) is 22.2. The molecule has 0 bridgehead atoms. The topological polar surface area (TPSA) is 79.2 Å². The molecule has 0 saturated carbocycles. The van der Waals surface area contributed by atoms with Gasteiger partial charge in [-0.25, -0.2) is 4.99 Å². The maximum atomic E-state index is 13.5. The molecule has 0 unspecified atom stereocenters. The summed E-state index contributed by atoms with van der Waals surface area (Å²) in [4.78, 5) is 30.8. The summed E-state index contributed by atoms with van der Waals surface area (Å²) < 4.78 is 6.80. The van der Waals surface area contributed by atoms with E-state index in [1.165, 1.54) is 0 Å². The maximum absolute atomic E-state index is 13.5. The van der Waals surface area contributed by atoms with Crippen LogP contribution in [0.5, 0.6) is 5.75 Å². The van der Waals surface area contributed by atoms with Gasteiger partial charge < -0.3 is 14.7 Å². The number of carboxylic acid groups (broad SMARTS) is 1. The van der Waals surface area contributed by atoms with Crippen LogP contribution in [0.25, 0.3) is 0 Å². The SMILES string of the molecule is COc1ccc(CN2C(=O)C(=Nc3cccc(CC(=O)O)c3)c3cc(Br)cc(Br)c32)cc1. The molecule has 3 aromatic rings. The molecule has 32 heavy (non-hydrogen) atoms. The fourth-order valence-electron chi connectivity index (χ4n) is 3.58. The van der Waals surface area contributed by atoms with Gasteiger partial charge in [-0.1, -0.05) is 40.2 Å². The van der Waals surface area contributed by atoms with Crippen LogP contribution in [0.2, 0.25) is 0 Å². The highest BCUT2D eigenvalue weighted by Gasteiger charge is 2.36. The summed E-state index contributed by atoms with van der Waals surface area (Å²) >= 11 is 7.09. The number of ether oxygens (including phenoxy) is 1. The molecule has 3 aromatic carbocycles. The zero-order valence-electron chi connectivity index (χ0n) is 17.0. The van der Waals surface area contributed by atoms with Crippen LogP contribution in [0.1, 0.15) is 16.7 Å². The van der Waals surface area contributed by atoms with Crippen molar-refractivity contribution in [2.24, 2.45) is 4.99 Å². The summed E-state index contributed by atoms with van der Waals surface area (Å²) in [5.74, 6) is -0.399. The van der Waals surface area contributed by atoms with Gasteiger partial charge >= 0.3 is 5.97 Å². The normalized spacial score (nSPS) is 14.0. The van der Waals surface area contributed by atoms with Crippen molar-refractivity contribution in [2.75, 3.05) is 12.0 Å². The molecule has 0 radical (unpaired) electrons. The molecule has 162 valence electrons. The number of rotatable bonds is 6. The third-order valence-corrected chi connectivity index (χ3v) is 6.07. The van der Waals surface area contributed by atoms with Crippen molar-refractivity contribution in [1.82, 2.24) is 0 Å². The monoisotopic (exact) mass is 556 g/mol. The van der Waals surface area contributed by atoms with Crippen LogP contribution in [-0.4, -0.2) is 29.8 Å². The number of carbonyl (C=O) groups is 2. The Bertz CT molecular complexity index is 1240. The number of aliphatic imine (C=N–C) groups is 1. The zero-order chi connectivity index (χ0) is 22.8. The van der Waals surface area contributed by atoms with Gasteiger partial charge in [0.1, 0.15) is 11.5 Å². The number of hydrogen-bond donors (Lipinski definition) is 1. The summed E-state index contributed by atoms with van der Waals surface area (Å²) in [6, 6.07) is 18.2. The van der Waals surface area contributed by atoms with E-state index in [2.05, 4.69) is 36.9 Å². The van der Waals surface area contributed by atoms with E-state index in [1.54, 1.807) is 36.3 Å². The third-order valence-electron chi connectivity index (χ3n) is 5.01. The minimum absolute atomic E-state index is 0.107. The van der Waals surface area contributed by atoms with Crippen LogP contribution in [0.4, 0.5) is 11.4 Å². The van der Waals surface area contributed by atoms with Crippen molar-refractivity contribution in [3.8, 4) is 5.75 Å². The number of aliphatic carboxylic acids is 1. The Morgan fingerprint density at radius 3 is 2.50 bits per heavy atom. The van der Waals surface area contributed by atoms with Crippen LogP contribution in [0, 0.1) is 0 Å². The summed E-state index contributed by atoms with van der Waals surface area (Å²) in [6.45, 7) is 0.369. The van der Waals surface area contributed by atoms with E-state index in [0.29, 0.717) is 29.1 Å². The highest BCUT2D eigenvalue weighted by atomic mass is 79.9. The average Bonchev–Trinajstić information content (AvgIpc) is 3.00. The molecule has 0 saturated heterocycles. The minimum Gasteiger partial charge on any atom is -0.497 e. The predicted octanol–water partition coefficient (Wildman–Crippen LogP) is 5.51. The van der Waals surface area contributed by atoms with Crippen LogP contribution in [-0.2, 0) is 22.6 Å². The lowest BCUT2D eigenvalue weighted by atomic mass is 10.1. The van der Waals surface area contributed by atoms with Gasteiger partial charge in [-0.15, -0.1) is 0 Å².